The molecule has 1 atom stereocenters. The molecule has 19 heavy (non-hydrogen) atoms. The summed E-state index contributed by atoms with van der Waals surface area (Å²) >= 11 is 6.06. The van der Waals surface area contributed by atoms with Crippen molar-refractivity contribution in [2.24, 2.45) is 0 Å². The van der Waals surface area contributed by atoms with Gasteiger partial charge in [-0.25, -0.2) is 0 Å². The smallest absolute Gasteiger partial charge is 0.153 e. The average Bonchev–Trinajstić information content (AvgIpc) is 2.81. The lowest BCUT2D eigenvalue weighted by atomic mass is 10.0. The van der Waals surface area contributed by atoms with E-state index in [1.54, 1.807) is 20.1 Å². The Hall–Kier alpha value is -1.07. The van der Waals surface area contributed by atoms with Crippen molar-refractivity contribution < 1.29 is 14.3 Å². The van der Waals surface area contributed by atoms with E-state index in [1.165, 1.54) is 0 Å². The van der Waals surface area contributed by atoms with Crippen molar-refractivity contribution in [1.29, 1.82) is 0 Å². The van der Waals surface area contributed by atoms with Gasteiger partial charge in [0.1, 0.15) is 11.4 Å². The Kier molecular flexibility index (Phi) is 4.47. The molecule has 0 aliphatic carbocycles. The van der Waals surface area contributed by atoms with E-state index < -0.39 is 5.60 Å². The molecular formula is C14H18ClNO3. The van der Waals surface area contributed by atoms with Crippen LogP contribution in [0, 0.1) is 0 Å². The van der Waals surface area contributed by atoms with Crippen LogP contribution in [0.15, 0.2) is 28.7 Å². The Morgan fingerprint density at radius 1 is 1.47 bits per heavy atom. The van der Waals surface area contributed by atoms with Crippen molar-refractivity contribution in [3.05, 3.63) is 35.0 Å². The first kappa shape index (κ1) is 14.3. The van der Waals surface area contributed by atoms with E-state index in [0.29, 0.717) is 36.1 Å². The van der Waals surface area contributed by atoms with Gasteiger partial charge >= 0.3 is 0 Å². The third-order valence-electron chi connectivity index (χ3n) is 2.98. The molecule has 0 fully saturated rings. The third kappa shape index (κ3) is 3.28. The van der Waals surface area contributed by atoms with Gasteiger partial charge in [0.25, 0.3) is 0 Å². The summed E-state index contributed by atoms with van der Waals surface area (Å²) in [6, 6.07) is 7.35. The highest BCUT2D eigenvalue weighted by molar-refractivity contribution is 6.34. The lowest BCUT2D eigenvalue weighted by Crippen LogP contribution is -2.36. The Morgan fingerprint density at radius 2 is 2.26 bits per heavy atom. The van der Waals surface area contributed by atoms with Gasteiger partial charge in [-0.2, -0.15) is 0 Å². The number of nitrogens with one attached hydrogen (secondary N) is 1. The molecule has 104 valence electrons. The van der Waals surface area contributed by atoms with Crippen molar-refractivity contribution in [1.82, 2.24) is 5.32 Å². The SMILES string of the molecule is COCCNCC(C)(O)c1cc2cccc(Cl)c2o1. The van der Waals surface area contributed by atoms with E-state index in [9.17, 15) is 5.11 Å². The fourth-order valence-electron chi connectivity index (χ4n) is 1.89. The molecule has 0 amide bonds. The summed E-state index contributed by atoms with van der Waals surface area (Å²) < 4.78 is 10.6. The maximum absolute atomic E-state index is 10.4. The predicted molar refractivity (Wildman–Crippen MR) is 75.5 cm³/mol. The van der Waals surface area contributed by atoms with Gasteiger partial charge in [0.15, 0.2) is 5.58 Å². The zero-order chi connectivity index (χ0) is 13.9. The van der Waals surface area contributed by atoms with Crippen LogP contribution < -0.4 is 5.32 Å². The number of methoxy groups -OCH3 is 1. The van der Waals surface area contributed by atoms with Gasteiger partial charge in [-0.3, -0.25) is 0 Å². The standard InChI is InChI=1S/C14H18ClNO3/c1-14(17,9-16-6-7-18-2)12-8-10-4-3-5-11(15)13(10)19-12/h3-5,8,16-17H,6-7,9H2,1-2H3. The number of hydrogen-bond acceptors (Lipinski definition) is 4. The number of para-hydroxylation sites is 1. The number of halogens is 1. The van der Waals surface area contributed by atoms with Crippen molar-refractivity contribution >= 4 is 22.6 Å². The third-order valence-corrected chi connectivity index (χ3v) is 3.28. The quantitative estimate of drug-likeness (QED) is 0.800. The zero-order valence-electron chi connectivity index (χ0n) is 11.1. The lowest BCUT2D eigenvalue weighted by molar-refractivity contribution is 0.0344. The van der Waals surface area contributed by atoms with Gasteiger partial charge in [-0.05, 0) is 19.1 Å². The van der Waals surface area contributed by atoms with Crippen LogP contribution in [-0.4, -0.2) is 31.9 Å². The lowest BCUT2D eigenvalue weighted by Gasteiger charge is -2.21. The fourth-order valence-corrected chi connectivity index (χ4v) is 2.11. The Morgan fingerprint density at radius 3 is 2.95 bits per heavy atom. The molecule has 0 aliphatic rings. The van der Waals surface area contributed by atoms with E-state index in [-0.39, 0.29) is 0 Å². The van der Waals surface area contributed by atoms with Crippen LogP contribution in [-0.2, 0) is 10.3 Å². The first-order valence-corrected chi connectivity index (χ1v) is 6.53. The van der Waals surface area contributed by atoms with Crippen molar-refractivity contribution in [3.63, 3.8) is 0 Å². The monoisotopic (exact) mass is 283 g/mol. The molecule has 0 saturated carbocycles. The number of hydrogen-bond donors (Lipinski definition) is 2. The van der Waals surface area contributed by atoms with E-state index in [1.807, 2.05) is 18.2 Å². The second-order valence-electron chi connectivity index (χ2n) is 4.71. The normalized spacial score (nSPS) is 14.7. The molecule has 1 heterocycles. The first-order valence-electron chi connectivity index (χ1n) is 6.15. The van der Waals surface area contributed by atoms with Crippen molar-refractivity contribution in [2.75, 3.05) is 26.8 Å². The van der Waals surface area contributed by atoms with Crippen LogP contribution in [0.4, 0.5) is 0 Å². The largest absolute Gasteiger partial charge is 0.456 e. The van der Waals surface area contributed by atoms with Crippen LogP contribution >= 0.6 is 11.6 Å². The van der Waals surface area contributed by atoms with Crippen LogP contribution in [0.25, 0.3) is 11.0 Å². The summed E-state index contributed by atoms with van der Waals surface area (Å²) in [6.07, 6.45) is 0. The summed E-state index contributed by atoms with van der Waals surface area (Å²) in [5.74, 6) is 0.500. The van der Waals surface area contributed by atoms with Crippen molar-refractivity contribution in [2.45, 2.75) is 12.5 Å². The molecule has 4 nitrogen and oxygen atoms in total. The number of ether oxygens (including phenoxy) is 1. The van der Waals surface area contributed by atoms with E-state index >= 15 is 0 Å². The molecule has 0 aliphatic heterocycles. The van der Waals surface area contributed by atoms with Crippen LogP contribution in [0.1, 0.15) is 12.7 Å². The zero-order valence-corrected chi connectivity index (χ0v) is 11.8. The highest BCUT2D eigenvalue weighted by atomic mass is 35.5. The van der Waals surface area contributed by atoms with E-state index in [2.05, 4.69) is 5.32 Å². The van der Waals surface area contributed by atoms with Gasteiger partial charge in [0.2, 0.25) is 0 Å². The molecule has 2 N–H and O–H groups in total. The van der Waals surface area contributed by atoms with Gasteiger partial charge in [-0.1, -0.05) is 23.7 Å². The summed E-state index contributed by atoms with van der Waals surface area (Å²) in [6.45, 7) is 3.36. The Bertz CT molecular complexity index is 551. The van der Waals surface area contributed by atoms with E-state index in [4.69, 9.17) is 20.8 Å². The molecular weight excluding hydrogens is 266 g/mol. The number of aliphatic hydroxyl groups is 1. The number of fused-ring (bicyclic) bond motifs is 1. The summed E-state index contributed by atoms with van der Waals surface area (Å²) in [4.78, 5) is 0. The summed E-state index contributed by atoms with van der Waals surface area (Å²) in [5.41, 5.74) is -0.479. The average molecular weight is 284 g/mol. The maximum Gasteiger partial charge on any atom is 0.153 e. The fraction of sp³-hybridized carbons (Fsp3) is 0.429. The molecule has 0 spiro atoms. The van der Waals surface area contributed by atoms with Gasteiger partial charge in [-0.15, -0.1) is 0 Å². The minimum Gasteiger partial charge on any atom is -0.456 e. The van der Waals surface area contributed by atoms with Crippen LogP contribution in [0.2, 0.25) is 5.02 Å². The molecule has 0 bridgehead atoms. The number of benzene rings is 1. The summed E-state index contributed by atoms with van der Waals surface area (Å²) in [7, 11) is 1.64. The first-order chi connectivity index (χ1) is 9.04. The minimum atomic E-state index is -1.09. The summed E-state index contributed by atoms with van der Waals surface area (Å²) in [5, 5.41) is 15.0. The molecule has 0 radical (unpaired) electrons. The van der Waals surface area contributed by atoms with Gasteiger partial charge in [0.05, 0.1) is 11.6 Å². The highest BCUT2D eigenvalue weighted by Crippen LogP contribution is 2.31. The minimum absolute atomic E-state index is 0.383. The number of rotatable bonds is 6. The Labute approximate surface area is 117 Å². The molecule has 2 rings (SSSR count). The van der Waals surface area contributed by atoms with E-state index in [0.717, 1.165) is 5.39 Å². The number of furan rings is 1. The molecule has 1 unspecified atom stereocenters. The second kappa shape index (κ2) is 5.92. The second-order valence-corrected chi connectivity index (χ2v) is 5.12. The topological polar surface area (TPSA) is 54.6 Å². The maximum atomic E-state index is 10.4. The molecule has 1 aromatic heterocycles. The van der Waals surface area contributed by atoms with Crippen molar-refractivity contribution in [3.8, 4) is 0 Å². The Balaban J connectivity index is 2.15. The molecule has 0 saturated heterocycles. The van der Waals surface area contributed by atoms with Gasteiger partial charge < -0.3 is 19.6 Å². The van der Waals surface area contributed by atoms with Crippen LogP contribution in [0.5, 0.6) is 0 Å². The molecule has 5 heteroatoms. The highest BCUT2D eigenvalue weighted by Gasteiger charge is 2.27. The molecule has 2 aromatic rings. The van der Waals surface area contributed by atoms with Gasteiger partial charge in [0, 0.05) is 25.6 Å². The van der Waals surface area contributed by atoms with Crippen LogP contribution in [0.3, 0.4) is 0 Å². The molecule has 1 aromatic carbocycles. The predicted octanol–water partition coefficient (Wildman–Crippen LogP) is 2.53.